The van der Waals surface area contributed by atoms with Gasteiger partial charge in [0.15, 0.2) is 9.84 Å². The zero-order valence-corrected chi connectivity index (χ0v) is 20.7. The molecule has 7 nitrogen and oxygen atoms in total. The van der Waals surface area contributed by atoms with Crippen molar-refractivity contribution in [1.82, 2.24) is 14.7 Å². The molecule has 2 saturated heterocycles. The highest BCUT2D eigenvalue weighted by Crippen LogP contribution is 2.33. The Morgan fingerprint density at radius 1 is 1.12 bits per heavy atom. The molecule has 0 bridgehead atoms. The summed E-state index contributed by atoms with van der Waals surface area (Å²) in [6.07, 6.45) is 0.409. The van der Waals surface area contributed by atoms with E-state index in [1.54, 1.807) is 4.90 Å². The van der Waals surface area contributed by atoms with Crippen LogP contribution in [0.3, 0.4) is 0 Å². The van der Waals surface area contributed by atoms with Crippen LogP contribution in [-0.2, 0) is 16.4 Å². The van der Waals surface area contributed by atoms with Crippen molar-refractivity contribution in [3.05, 3.63) is 50.1 Å². The summed E-state index contributed by atoms with van der Waals surface area (Å²) in [4.78, 5) is 19.3. The van der Waals surface area contributed by atoms with E-state index < -0.39 is 15.9 Å². The molecular weight excluding hydrogens is 493 g/mol. The minimum Gasteiger partial charge on any atom is -0.390 e. The quantitative estimate of drug-likeness (QED) is 0.655. The molecule has 4 rings (SSSR count). The van der Waals surface area contributed by atoms with Crippen molar-refractivity contribution in [2.75, 3.05) is 45.5 Å². The number of thiophene rings is 1. The van der Waals surface area contributed by atoms with Crippen LogP contribution >= 0.6 is 34.5 Å². The standard InChI is InChI=1S/C21H25Cl2N3O4S2/c1-32(29,30)18-13-31-20(19(18)23)21(28)26-11-16(17(27)12-26)25-8-6-24(7-9-25)10-14-2-4-15(22)5-3-14/h2-5,13,16-17,27H,6-12H2,1H3/t16-,17-/m0/s1. The minimum absolute atomic E-state index is 0.0272. The van der Waals surface area contributed by atoms with Gasteiger partial charge in [0.25, 0.3) is 5.91 Å². The molecule has 3 heterocycles. The number of carbonyl (C=O) groups is 1. The Balaban J connectivity index is 1.35. The Morgan fingerprint density at radius 3 is 2.38 bits per heavy atom. The maximum absolute atomic E-state index is 13.0. The third-order valence-electron chi connectivity index (χ3n) is 6.03. The molecule has 0 saturated carbocycles. The summed E-state index contributed by atoms with van der Waals surface area (Å²) >= 11 is 13.2. The van der Waals surface area contributed by atoms with Crippen molar-refractivity contribution in [2.24, 2.45) is 0 Å². The fourth-order valence-electron chi connectivity index (χ4n) is 4.26. The molecule has 0 radical (unpaired) electrons. The smallest absolute Gasteiger partial charge is 0.265 e. The van der Waals surface area contributed by atoms with Crippen LogP contribution in [-0.4, -0.2) is 91.8 Å². The Labute approximate surface area is 202 Å². The number of amides is 1. The molecule has 2 aliphatic rings. The lowest BCUT2D eigenvalue weighted by Crippen LogP contribution is -2.53. The van der Waals surface area contributed by atoms with Gasteiger partial charge in [-0.05, 0) is 17.7 Å². The Hall–Kier alpha value is -1.20. The third-order valence-corrected chi connectivity index (χ3v) is 9.14. The second kappa shape index (κ2) is 9.58. The number of piperazine rings is 1. The number of carbonyl (C=O) groups excluding carboxylic acids is 1. The first kappa shape index (κ1) is 23.9. The van der Waals surface area contributed by atoms with Crippen LogP contribution < -0.4 is 0 Å². The first-order valence-electron chi connectivity index (χ1n) is 10.3. The van der Waals surface area contributed by atoms with Crippen LogP contribution in [0.5, 0.6) is 0 Å². The molecule has 1 aromatic heterocycles. The second-order valence-corrected chi connectivity index (χ2v) is 12.0. The molecule has 1 N–H and O–H groups in total. The van der Waals surface area contributed by atoms with Gasteiger partial charge in [-0.15, -0.1) is 11.3 Å². The maximum Gasteiger partial charge on any atom is 0.265 e. The molecule has 1 aromatic carbocycles. The van der Waals surface area contributed by atoms with Gasteiger partial charge < -0.3 is 10.0 Å². The Bertz CT molecular complexity index is 1080. The van der Waals surface area contributed by atoms with E-state index in [1.807, 2.05) is 24.3 Å². The summed E-state index contributed by atoms with van der Waals surface area (Å²) in [7, 11) is -3.50. The summed E-state index contributed by atoms with van der Waals surface area (Å²) in [5.41, 5.74) is 1.21. The number of aliphatic hydroxyl groups is 1. The molecule has 32 heavy (non-hydrogen) atoms. The van der Waals surface area contributed by atoms with Crippen LogP contribution in [0.15, 0.2) is 34.5 Å². The number of sulfone groups is 1. The minimum atomic E-state index is -3.50. The van der Waals surface area contributed by atoms with Gasteiger partial charge in [-0.3, -0.25) is 14.6 Å². The Kier molecular flexibility index (Phi) is 7.17. The molecular formula is C21H25Cl2N3O4S2. The number of hydrogen-bond acceptors (Lipinski definition) is 7. The van der Waals surface area contributed by atoms with Crippen LogP contribution in [0.4, 0.5) is 0 Å². The average Bonchev–Trinajstić information content (AvgIpc) is 3.32. The summed E-state index contributed by atoms with van der Waals surface area (Å²) in [5, 5.41) is 12.7. The van der Waals surface area contributed by atoms with Gasteiger partial charge in [-0.2, -0.15) is 0 Å². The molecule has 0 aliphatic carbocycles. The van der Waals surface area contributed by atoms with Crippen LogP contribution in [0.25, 0.3) is 0 Å². The number of β-amino-alcohol motifs (C(OH)–C–C–N with tert-alkyl or cyclic N) is 1. The predicted octanol–water partition coefficient (Wildman–Crippen LogP) is 2.46. The lowest BCUT2D eigenvalue weighted by atomic mass is 10.1. The Morgan fingerprint density at radius 2 is 1.78 bits per heavy atom. The van der Waals surface area contributed by atoms with E-state index in [2.05, 4.69) is 9.80 Å². The van der Waals surface area contributed by atoms with E-state index in [-0.39, 0.29) is 33.3 Å². The first-order valence-corrected chi connectivity index (χ1v) is 13.8. The van der Waals surface area contributed by atoms with E-state index >= 15 is 0 Å². The summed E-state index contributed by atoms with van der Waals surface area (Å²) in [6.45, 7) is 4.78. The van der Waals surface area contributed by atoms with Crippen molar-refractivity contribution >= 4 is 50.3 Å². The highest BCUT2D eigenvalue weighted by atomic mass is 35.5. The van der Waals surface area contributed by atoms with Crippen LogP contribution in [0, 0.1) is 0 Å². The van der Waals surface area contributed by atoms with Crippen molar-refractivity contribution in [1.29, 1.82) is 0 Å². The van der Waals surface area contributed by atoms with E-state index in [0.717, 1.165) is 55.3 Å². The van der Waals surface area contributed by atoms with Crippen molar-refractivity contribution in [2.45, 2.75) is 23.6 Å². The van der Waals surface area contributed by atoms with E-state index in [4.69, 9.17) is 23.2 Å². The molecule has 0 unspecified atom stereocenters. The fraction of sp³-hybridized carbons (Fsp3) is 0.476. The first-order chi connectivity index (χ1) is 15.1. The predicted molar refractivity (Wildman–Crippen MR) is 126 cm³/mol. The molecule has 2 atom stereocenters. The number of rotatable bonds is 5. The third kappa shape index (κ3) is 5.14. The number of aliphatic hydroxyl groups excluding tert-OH is 1. The van der Waals surface area contributed by atoms with Crippen LogP contribution in [0.1, 0.15) is 15.2 Å². The number of hydrogen-bond donors (Lipinski definition) is 1. The monoisotopic (exact) mass is 517 g/mol. The number of benzene rings is 1. The van der Waals surface area contributed by atoms with Gasteiger partial charge in [0.1, 0.15) is 4.88 Å². The lowest BCUT2D eigenvalue weighted by molar-refractivity contribution is 0.0423. The SMILES string of the molecule is CS(=O)(=O)c1csc(C(=O)N2C[C@H](O)[C@@H](N3CCN(Cc4ccc(Cl)cc4)CC3)C2)c1Cl. The topological polar surface area (TPSA) is 81.2 Å². The number of nitrogens with zero attached hydrogens (tertiary/aromatic N) is 3. The van der Waals surface area contributed by atoms with Crippen molar-refractivity contribution < 1.29 is 18.3 Å². The molecule has 11 heteroatoms. The summed E-state index contributed by atoms with van der Waals surface area (Å²) in [5.74, 6) is -0.335. The van der Waals surface area contributed by atoms with Gasteiger partial charge in [0.05, 0.1) is 22.1 Å². The maximum atomic E-state index is 13.0. The van der Waals surface area contributed by atoms with Gasteiger partial charge in [-0.1, -0.05) is 35.3 Å². The lowest BCUT2D eigenvalue weighted by Gasteiger charge is -2.38. The van der Waals surface area contributed by atoms with Gasteiger partial charge in [-0.25, -0.2) is 8.42 Å². The second-order valence-electron chi connectivity index (χ2n) is 8.30. The molecule has 2 aromatic rings. The van der Waals surface area contributed by atoms with E-state index in [0.29, 0.717) is 6.54 Å². The molecule has 2 aliphatic heterocycles. The zero-order chi connectivity index (χ0) is 23.0. The highest BCUT2D eigenvalue weighted by Gasteiger charge is 2.40. The van der Waals surface area contributed by atoms with Crippen LogP contribution in [0.2, 0.25) is 10.0 Å². The molecule has 174 valence electrons. The largest absolute Gasteiger partial charge is 0.390 e. The average molecular weight is 518 g/mol. The number of likely N-dealkylation sites (tertiary alicyclic amines) is 1. The van der Waals surface area contributed by atoms with Gasteiger partial charge in [0, 0.05) is 62.5 Å². The highest BCUT2D eigenvalue weighted by molar-refractivity contribution is 7.91. The van der Waals surface area contributed by atoms with E-state index in [1.165, 1.54) is 10.9 Å². The van der Waals surface area contributed by atoms with Crippen molar-refractivity contribution in [3.63, 3.8) is 0 Å². The summed E-state index contributed by atoms with van der Waals surface area (Å²) < 4.78 is 23.6. The zero-order valence-electron chi connectivity index (χ0n) is 17.6. The number of halogens is 2. The fourth-order valence-corrected chi connectivity index (χ4v) is 7.26. The molecule has 0 spiro atoms. The van der Waals surface area contributed by atoms with Crippen molar-refractivity contribution in [3.8, 4) is 0 Å². The van der Waals surface area contributed by atoms with E-state index in [9.17, 15) is 18.3 Å². The van der Waals surface area contributed by atoms with Gasteiger partial charge in [0.2, 0.25) is 0 Å². The van der Waals surface area contributed by atoms with Gasteiger partial charge >= 0.3 is 0 Å². The summed E-state index contributed by atoms with van der Waals surface area (Å²) in [6, 6.07) is 7.71. The molecule has 2 fully saturated rings. The normalized spacial score (nSPS) is 23.1. The molecule has 1 amide bonds.